The molecule has 0 aromatic heterocycles. The second-order valence-electron chi connectivity index (χ2n) is 14.1. The van der Waals surface area contributed by atoms with E-state index in [0.29, 0.717) is 40.0 Å². The van der Waals surface area contributed by atoms with Crippen molar-refractivity contribution >= 4 is 27.3 Å². The maximum absolute atomic E-state index is 12.2. The van der Waals surface area contributed by atoms with E-state index in [2.05, 4.69) is 39.3 Å². The van der Waals surface area contributed by atoms with Crippen molar-refractivity contribution in [2.24, 2.45) is 0 Å². The molecule has 0 radical (unpaired) electrons. The third-order valence-electron chi connectivity index (χ3n) is 8.29. The summed E-state index contributed by atoms with van der Waals surface area (Å²) in [5.74, 6) is 2.46. The molecule has 0 fully saturated rings. The van der Waals surface area contributed by atoms with Crippen molar-refractivity contribution in [3.8, 4) is 23.0 Å². The minimum Gasteiger partial charge on any atom is -0.508 e. The zero-order chi connectivity index (χ0) is 40.0. The van der Waals surface area contributed by atoms with Crippen molar-refractivity contribution in [3.63, 3.8) is 0 Å². The van der Waals surface area contributed by atoms with Gasteiger partial charge in [-0.15, -0.1) is 0 Å². The van der Waals surface area contributed by atoms with Crippen LogP contribution in [-0.4, -0.2) is 28.8 Å². The molecular weight excluding hydrogens is 718 g/mol. The second-order valence-corrected chi connectivity index (χ2v) is 16.2. The van der Waals surface area contributed by atoms with Crippen molar-refractivity contribution in [1.82, 2.24) is 0 Å². The van der Waals surface area contributed by atoms with Gasteiger partial charge in [0.05, 0.1) is 10.6 Å². The van der Waals surface area contributed by atoms with E-state index < -0.39 is 10.0 Å². The molecule has 0 aliphatic rings. The van der Waals surface area contributed by atoms with Gasteiger partial charge in [0.2, 0.25) is 0 Å². The number of benzene rings is 5. The number of anilines is 1. The number of phenolic OH excluding ortho intramolecular Hbond substituents is 4. The summed E-state index contributed by atoms with van der Waals surface area (Å²) in [6, 6.07) is 29.4. The van der Waals surface area contributed by atoms with Crippen LogP contribution in [0.1, 0.15) is 120 Å². The summed E-state index contributed by atoms with van der Waals surface area (Å²) < 4.78 is 26.8. The maximum atomic E-state index is 12.2. The Bertz CT molecular complexity index is 1950. The summed E-state index contributed by atoms with van der Waals surface area (Å²) in [5, 5.41) is 38.5. The molecule has 0 unspecified atom stereocenters. The molecule has 5 rings (SSSR count). The molecule has 9 heteroatoms. The summed E-state index contributed by atoms with van der Waals surface area (Å²) in [6.45, 7) is 20.5. The van der Waals surface area contributed by atoms with Crippen LogP contribution in [0.3, 0.4) is 0 Å². The lowest BCUT2D eigenvalue weighted by molar-refractivity contribution is 0.464. The highest BCUT2D eigenvalue weighted by Crippen LogP contribution is 2.30. The van der Waals surface area contributed by atoms with Gasteiger partial charge in [-0.25, -0.2) is 8.42 Å². The van der Waals surface area contributed by atoms with Crippen LogP contribution in [0.25, 0.3) is 0 Å². The predicted octanol–water partition coefficient (Wildman–Crippen LogP) is 12.8. The van der Waals surface area contributed by atoms with Crippen molar-refractivity contribution < 1.29 is 28.8 Å². The first-order valence-electron chi connectivity index (χ1n) is 17.7. The topological polar surface area (TPSA) is 127 Å². The van der Waals surface area contributed by atoms with Gasteiger partial charge in [0.1, 0.15) is 23.0 Å². The molecule has 0 aliphatic carbocycles. The fourth-order valence-electron chi connectivity index (χ4n) is 5.18. The number of phenols is 4. The summed E-state index contributed by atoms with van der Waals surface area (Å²) in [6.07, 6.45) is 0. The van der Waals surface area contributed by atoms with Crippen molar-refractivity contribution in [2.45, 2.75) is 105 Å². The molecule has 0 saturated heterocycles. The SMILES string of the molecule is C.CC(C)c1cc(Cl)ccc1O.CC(C)c1ccc(O)c(NS(=O)(=O)c2ccccc2)c1.Cc1ccc(C(C)C)c(O)c1.Cc1ccc(O)cc1C(C)C. The molecule has 0 saturated carbocycles. The minimum absolute atomic E-state index is 0. The quantitative estimate of drug-likeness (QED) is 0.105. The van der Waals surface area contributed by atoms with Crippen molar-refractivity contribution in [2.75, 3.05) is 4.72 Å². The Labute approximate surface area is 329 Å². The Kier molecular flexibility index (Phi) is 19.2. The molecule has 0 amide bonds. The number of hydrogen-bond acceptors (Lipinski definition) is 6. The number of aryl methyl sites for hydroxylation is 2. The molecule has 0 aliphatic heterocycles. The fraction of sp³-hybridized carbons (Fsp3) is 0.333. The molecule has 0 atom stereocenters. The number of sulfonamides is 1. The standard InChI is InChI=1S/C15H17NO3S.2C10H14O.C9H11ClO.CH4/c1-11(2)12-8-9-15(17)14(10-12)16-20(18,19)13-6-4-3-5-7-13;1-7(2)10-6-9(11)5-4-8(10)3;1-7(2)9-5-4-8(3)6-10(9)11;1-6(2)8-5-7(10)3-4-9(8)11;/h3-11,16-17H,1-2H3;2*4-7,11H,1-3H3;3-6,11H,1-2H3;1H4. The lowest BCUT2D eigenvalue weighted by atomic mass is 9.98. The van der Waals surface area contributed by atoms with Gasteiger partial charge in [0.25, 0.3) is 10.0 Å². The molecule has 5 aromatic rings. The Morgan fingerprint density at radius 3 is 1.63 bits per heavy atom. The predicted molar refractivity (Wildman–Crippen MR) is 227 cm³/mol. The van der Waals surface area contributed by atoms with Crippen LogP contribution in [0.5, 0.6) is 23.0 Å². The highest BCUT2D eigenvalue weighted by Gasteiger charge is 2.16. The van der Waals surface area contributed by atoms with Crippen LogP contribution in [0, 0.1) is 13.8 Å². The van der Waals surface area contributed by atoms with Crippen LogP contribution in [0.2, 0.25) is 5.02 Å². The van der Waals surface area contributed by atoms with Gasteiger partial charge in [-0.05, 0) is 132 Å². The zero-order valence-corrected chi connectivity index (χ0v) is 34.1. The van der Waals surface area contributed by atoms with Gasteiger partial charge < -0.3 is 20.4 Å². The van der Waals surface area contributed by atoms with Gasteiger partial charge in [0, 0.05) is 5.02 Å². The minimum atomic E-state index is -3.69. The lowest BCUT2D eigenvalue weighted by Crippen LogP contribution is -2.13. The first kappa shape index (κ1) is 47.4. The molecule has 0 spiro atoms. The average Bonchev–Trinajstić information content (AvgIpc) is 3.08. The monoisotopic (exact) mass is 777 g/mol. The third kappa shape index (κ3) is 15.0. The van der Waals surface area contributed by atoms with Crippen LogP contribution >= 0.6 is 11.6 Å². The Hall–Kier alpha value is -4.66. The van der Waals surface area contributed by atoms with E-state index >= 15 is 0 Å². The fourth-order valence-corrected chi connectivity index (χ4v) is 6.44. The molecule has 5 N–H and O–H groups in total. The summed E-state index contributed by atoms with van der Waals surface area (Å²) >= 11 is 5.75. The highest BCUT2D eigenvalue weighted by molar-refractivity contribution is 7.92. The van der Waals surface area contributed by atoms with Crippen LogP contribution in [0.15, 0.2) is 108 Å². The molecule has 0 bridgehead atoms. The normalized spacial score (nSPS) is 10.7. The number of nitrogens with one attached hydrogen (secondary N) is 1. The molecule has 54 heavy (non-hydrogen) atoms. The van der Waals surface area contributed by atoms with E-state index in [-0.39, 0.29) is 29.7 Å². The van der Waals surface area contributed by atoms with Gasteiger partial charge in [-0.2, -0.15) is 0 Å². The van der Waals surface area contributed by atoms with E-state index in [1.165, 1.54) is 29.3 Å². The Balaban J connectivity index is 0.000000374. The van der Waals surface area contributed by atoms with Gasteiger partial charge in [0.15, 0.2) is 0 Å². The number of hydrogen-bond donors (Lipinski definition) is 5. The number of rotatable bonds is 7. The molecule has 0 heterocycles. The summed E-state index contributed by atoms with van der Waals surface area (Å²) in [4.78, 5) is 0.161. The van der Waals surface area contributed by atoms with Gasteiger partial charge in [-0.1, -0.05) is 117 Å². The van der Waals surface area contributed by atoms with Crippen LogP contribution in [0.4, 0.5) is 5.69 Å². The van der Waals surface area contributed by atoms with Gasteiger partial charge in [-0.3, -0.25) is 4.72 Å². The Morgan fingerprint density at radius 1 is 0.556 bits per heavy atom. The second kappa shape index (κ2) is 21.9. The lowest BCUT2D eigenvalue weighted by Gasteiger charge is -2.12. The number of aromatic hydroxyl groups is 4. The Morgan fingerprint density at radius 2 is 1.13 bits per heavy atom. The maximum Gasteiger partial charge on any atom is 0.262 e. The van der Waals surface area contributed by atoms with E-state index in [4.69, 9.17) is 11.6 Å². The summed E-state index contributed by atoms with van der Waals surface area (Å²) in [5.41, 5.74) is 6.65. The molecule has 5 aromatic carbocycles. The van der Waals surface area contributed by atoms with Crippen molar-refractivity contribution in [1.29, 1.82) is 0 Å². The van der Waals surface area contributed by atoms with Crippen molar-refractivity contribution in [3.05, 3.63) is 142 Å². The van der Waals surface area contributed by atoms with E-state index in [1.54, 1.807) is 60.7 Å². The average molecular weight is 778 g/mol. The summed E-state index contributed by atoms with van der Waals surface area (Å²) in [7, 11) is -3.69. The first-order chi connectivity index (χ1) is 24.7. The zero-order valence-electron chi connectivity index (χ0n) is 32.5. The van der Waals surface area contributed by atoms with Gasteiger partial charge >= 0.3 is 0 Å². The molecular formula is C45H60ClNO6S. The first-order valence-corrected chi connectivity index (χ1v) is 19.6. The van der Waals surface area contributed by atoms with Crippen LogP contribution < -0.4 is 4.72 Å². The molecule has 294 valence electrons. The number of halogens is 1. The van der Waals surface area contributed by atoms with E-state index in [0.717, 1.165) is 22.3 Å². The van der Waals surface area contributed by atoms with E-state index in [1.807, 2.05) is 58.9 Å². The third-order valence-corrected chi connectivity index (χ3v) is 9.91. The smallest absolute Gasteiger partial charge is 0.262 e. The largest absolute Gasteiger partial charge is 0.508 e. The molecule has 7 nitrogen and oxygen atoms in total. The van der Waals surface area contributed by atoms with E-state index in [9.17, 15) is 28.8 Å². The van der Waals surface area contributed by atoms with Crippen LogP contribution in [-0.2, 0) is 10.0 Å². The highest BCUT2D eigenvalue weighted by atomic mass is 35.5.